The van der Waals surface area contributed by atoms with Crippen molar-refractivity contribution in [1.82, 2.24) is 0 Å². The highest BCUT2D eigenvalue weighted by molar-refractivity contribution is 5.87. The van der Waals surface area contributed by atoms with Crippen LogP contribution in [-0.2, 0) is 14.3 Å². The van der Waals surface area contributed by atoms with E-state index in [1.807, 2.05) is 13.8 Å². The summed E-state index contributed by atoms with van der Waals surface area (Å²) in [6.07, 6.45) is 0.943. The first-order valence-electron chi connectivity index (χ1n) is 4.18. The Hall–Kier alpha value is -0.990. The van der Waals surface area contributed by atoms with Crippen molar-refractivity contribution in [2.45, 2.75) is 33.3 Å². The molecule has 0 N–H and O–H groups in total. The first-order valence-corrected chi connectivity index (χ1v) is 4.18. The van der Waals surface area contributed by atoms with Gasteiger partial charge in [-0.25, -0.2) is 4.79 Å². The van der Waals surface area contributed by atoms with Crippen molar-refractivity contribution >= 4 is 5.97 Å². The van der Waals surface area contributed by atoms with Gasteiger partial charge in [-0.2, -0.15) is 0 Å². The van der Waals surface area contributed by atoms with Gasteiger partial charge < -0.3 is 9.47 Å². The van der Waals surface area contributed by atoms with Crippen molar-refractivity contribution in [3.63, 3.8) is 0 Å². The molecule has 0 aromatic carbocycles. The van der Waals surface area contributed by atoms with Crippen LogP contribution in [0.5, 0.6) is 0 Å². The molecule has 1 aliphatic heterocycles. The van der Waals surface area contributed by atoms with Crippen molar-refractivity contribution in [3.8, 4) is 0 Å². The van der Waals surface area contributed by atoms with Crippen LogP contribution >= 0.6 is 0 Å². The number of carbonyl (C=O) groups excluding carboxylic acids is 1. The average molecular weight is 170 g/mol. The molecular formula is C9H14O3. The lowest BCUT2D eigenvalue weighted by molar-refractivity contribution is -0.142. The van der Waals surface area contributed by atoms with Crippen LogP contribution in [0, 0.1) is 0 Å². The summed E-state index contributed by atoms with van der Waals surface area (Å²) < 4.78 is 10.1. The van der Waals surface area contributed by atoms with E-state index in [4.69, 9.17) is 9.47 Å². The summed E-state index contributed by atoms with van der Waals surface area (Å²) in [5.74, 6) is 0.0729. The normalized spacial score (nSPS) is 22.4. The third-order valence-corrected chi connectivity index (χ3v) is 1.76. The zero-order valence-electron chi connectivity index (χ0n) is 7.72. The second-order valence-corrected chi connectivity index (χ2v) is 2.96. The zero-order chi connectivity index (χ0) is 9.14. The zero-order valence-corrected chi connectivity index (χ0v) is 7.72. The molecule has 0 aliphatic carbocycles. The van der Waals surface area contributed by atoms with Crippen LogP contribution in [0.4, 0.5) is 0 Å². The predicted octanol–water partition coefficient (Wildman–Crippen LogP) is 1.63. The molecule has 1 heterocycles. The third kappa shape index (κ3) is 1.78. The summed E-state index contributed by atoms with van der Waals surface area (Å²) in [4.78, 5) is 11.2. The Labute approximate surface area is 72.4 Å². The Bertz CT molecular complexity index is 218. The Morgan fingerprint density at radius 2 is 2.42 bits per heavy atom. The summed E-state index contributed by atoms with van der Waals surface area (Å²) in [5, 5.41) is 0. The van der Waals surface area contributed by atoms with Gasteiger partial charge >= 0.3 is 5.97 Å². The van der Waals surface area contributed by atoms with Gasteiger partial charge in [0.2, 0.25) is 5.76 Å². The van der Waals surface area contributed by atoms with Crippen LogP contribution in [-0.4, -0.2) is 18.7 Å². The maximum absolute atomic E-state index is 11.2. The topological polar surface area (TPSA) is 35.5 Å². The SMILES string of the molecule is CCOC(=O)C1=C(C)CC(C)O1. The van der Waals surface area contributed by atoms with Crippen LogP contribution in [0.3, 0.4) is 0 Å². The van der Waals surface area contributed by atoms with Gasteiger partial charge in [-0.05, 0) is 26.3 Å². The fourth-order valence-corrected chi connectivity index (χ4v) is 1.29. The maximum atomic E-state index is 11.2. The Kier molecular flexibility index (Phi) is 2.74. The largest absolute Gasteiger partial charge is 0.483 e. The highest BCUT2D eigenvalue weighted by Gasteiger charge is 2.25. The number of ether oxygens (including phenoxy) is 2. The molecule has 12 heavy (non-hydrogen) atoms. The molecule has 1 atom stereocenters. The molecule has 3 nitrogen and oxygen atoms in total. The highest BCUT2D eigenvalue weighted by atomic mass is 16.6. The Morgan fingerprint density at radius 3 is 2.83 bits per heavy atom. The molecule has 0 saturated heterocycles. The van der Waals surface area contributed by atoms with Gasteiger partial charge in [0.25, 0.3) is 0 Å². The first kappa shape index (κ1) is 9.10. The van der Waals surface area contributed by atoms with E-state index in [2.05, 4.69) is 0 Å². The van der Waals surface area contributed by atoms with E-state index >= 15 is 0 Å². The molecule has 0 aromatic heterocycles. The summed E-state index contributed by atoms with van der Waals surface area (Å²) in [6, 6.07) is 0. The predicted molar refractivity (Wildman–Crippen MR) is 44.5 cm³/mol. The molecule has 0 radical (unpaired) electrons. The van der Waals surface area contributed by atoms with Crippen LogP contribution < -0.4 is 0 Å². The van der Waals surface area contributed by atoms with Crippen molar-refractivity contribution in [1.29, 1.82) is 0 Å². The molecule has 1 unspecified atom stereocenters. The van der Waals surface area contributed by atoms with E-state index < -0.39 is 0 Å². The quantitative estimate of drug-likeness (QED) is 0.591. The number of hydrogen-bond acceptors (Lipinski definition) is 3. The van der Waals surface area contributed by atoms with Crippen molar-refractivity contribution in [3.05, 3.63) is 11.3 Å². The standard InChI is InChI=1S/C9H14O3/c1-4-11-9(10)8-6(2)5-7(3)12-8/h7H,4-5H2,1-3H3. The number of esters is 1. The molecule has 0 bridgehead atoms. The molecular weight excluding hydrogens is 156 g/mol. The van der Waals surface area contributed by atoms with E-state index in [-0.39, 0.29) is 12.1 Å². The molecule has 0 aromatic rings. The minimum absolute atomic E-state index is 0.115. The van der Waals surface area contributed by atoms with Crippen molar-refractivity contribution < 1.29 is 14.3 Å². The van der Waals surface area contributed by atoms with Crippen molar-refractivity contribution in [2.24, 2.45) is 0 Å². The van der Waals surface area contributed by atoms with Gasteiger partial charge in [0.1, 0.15) is 6.10 Å². The van der Waals surface area contributed by atoms with Gasteiger partial charge in [-0.1, -0.05) is 0 Å². The van der Waals surface area contributed by atoms with E-state index in [0.717, 1.165) is 12.0 Å². The molecule has 1 aliphatic rings. The molecule has 0 amide bonds. The fraction of sp³-hybridized carbons (Fsp3) is 0.667. The molecule has 0 fully saturated rings. The van der Waals surface area contributed by atoms with E-state index in [1.54, 1.807) is 6.92 Å². The first-order chi connectivity index (χ1) is 5.65. The maximum Gasteiger partial charge on any atom is 0.373 e. The van der Waals surface area contributed by atoms with Gasteiger partial charge in [0.15, 0.2) is 0 Å². The third-order valence-electron chi connectivity index (χ3n) is 1.76. The Balaban J connectivity index is 2.62. The molecule has 3 heteroatoms. The lowest BCUT2D eigenvalue weighted by atomic mass is 10.2. The second-order valence-electron chi connectivity index (χ2n) is 2.96. The minimum atomic E-state index is -0.334. The highest BCUT2D eigenvalue weighted by Crippen LogP contribution is 2.24. The smallest absolute Gasteiger partial charge is 0.373 e. The molecule has 0 spiro atoms. The summed E-state index contributed by atoms with van der Waals surface area (Å²) in [7, 11) is 0. The van der Waals surface area contributed by atoms with Gasteiger partial charge in [0.05, 0.1) is 6.61 Å². The summed E-state index contributed by atoms with van der Waals surface area (Å²) in [5.41, 5.74) is 0.987. The van der Waals surface area contributed by atoms with Crippen LogP contribution in [0.15, 0.2) is 11.3 Å². The minimum Gasteiger partial charge on any atom is -0.483 e. The van der Waals surface area contributed by atoms with Gasteiger partial charge in [0, 0.05) is 6.42 Å². The summed E-state index contributed by atoms with van der Waals surface area (Å²) in [6.45, 7) is 6.02. The van der Waals surface area contributed by atoms with E-state index in [0.29, 0.717) is 12.4 Å². The van der Waals surface area contributed by atoms with Crippen LogP contribution in [0.25, 0.3) is 0 Å². The average Bonchev–Trinajstić information content (AvgIpc) is 2.30. The molecule has 1 rings (SSSR count). The number of hydrogen-bond donors (Lipinski definition) is 0. The van der Waals surface area contributed by atoms with Crippen LogP contribution in [0.1, 0.15) is 27.2 Å². The van der Waals surface area contributed by atoms with Gasteiger partial charge in [-0.15, -0.1) is 0 Å². The van der Waals surface area contributed by atoms with Crippen LogP contribution in [0.2, 0.25) is 0 Å². The molecule has 68 valence electrons. The van der Waals surface area contributed by atoms with Crippen molar-refractivity contribution in [2.75, 3.05) is 6.61 Å². The molecule has 0 saturated carbocycles. The second kappa shape index (κ2) is 3.61. The fourth-order valence-electron chi connectivity index (χ4n) is 1.29. The van der Waals surface area contributed by atoms with E-state index in [1.165, 1.54) is 0 Å². The number of rotatable bonds is 2. The summed E-state index contributed by atoms with van der Waals surface area (Å²) >= 11 is 0. The monoisotopic (exact) mass is 170 g/mol. The lowest BCUT2D eigenvalue weighted by Gasteiger charge is -2.06. The van der Waals surface area contributed by atoms with Gasteiger partial charge in [-0.3, -0.25) is 0 Å². The Morgan fingerprint density at radius 1 is 1.75 bits per heavy atom. The van der Waals surface area contributed by atoms with E-state index in [9.17, 15) is 4.79 Å². The number of carbonyl (C=O) groups is 1. The lowest BCUT2D eigenvalue weighted by Crippen LogP contribution is -2.10.